The highest BCUT2D eigenvalue weighted by Crippen LogP contribution is 2.20. The minimum atomic E-state index is -2.90. The largest absolute Gasteiger partial charge is 0.435 e. The number of hydrogen-bond donors (Lipinski definition) is 1. The predicted molar refractivity (Wildman–Crippen MR) is 88.8 cm³/mol. The number of hydrogen-bond acceptors (Lipinski definition) is 4. The first-order chi connectivity index (χ1) is 12.0. The number of rotatable bonds is 5. The lowest BCUT2D eigenvalue weighted by Gasteiger charge is -2.14. The van der Waals surface area contributed by atoms with Gasteiger partial charge in [-0.3, -0.25) is 4.79 Å². The second kappa shape index (κ2) is 6.98. The summed E-state index contributed by atoms with van der Waals surface area (Å²) in [5.41, 5.74) is 0.863. The highest BCUT2D eigenvalue weighted by Gasteiger charge is 2.14. The predicted octanol–water partition coefficient (Wildman–Crippen LogP) is 3.04. The zero-order chi connectivity index (χ0) is 18.0. The number of aliphatic hydroxyl groups is 1. The van der Waals surface area contributed by atoms with Gasteiger partial charge in [0.1, 0.15) is 5.75 Å². The lowest BCUT2D eigenvalue weighted by molar-refractivity contribution is -0.0498. The monoisotopic (exact) mass is 346 g/mol. The third-order valence-electron chi connectivity index (χ3n) is 3.89. The topological polar surface area (TPSA) is 64.3 Å². The smallest absolute Gasteiger partial charge is 0.387 e. The molecule has 0 spiro atoms. The van der Waals surface area contributed by atoms with E-state index < -0.39 is 12.7 Å². The van der Waals surface area contributed by atoms with Gasteiger partial charge in [0, 0.05) is 5.39 Å². The molecule has 0 amide bonds. The molecule has 0 saturated heterocycles. The van der Waals surface area contributed by atoms with Gasteiger partial charge >= 0.3 is 6.61 Å². The zero-order valence-electron chi connectivity index (χ0n) is 13.4. The standard InChI is InChI=1S/C18H16F2N2O3/c1-11-14-4-2-3-5-15(14)17(24)22(21-11)10-16(23)12-6-8-13(9-7-12)25-18(19)20/h2-9,16,18,23H,10H2,1H3/t16-/m1/s1. The molecule has 1 atom stereocenters. The Morgan fingerprint density at radius 1 is 1.12 bits per heavy atom. The van der Waals surface area contributed by atoms with Gasteiger partial charge in [-0.25, -0.2) is 4.68 Å². The first-order valence-corrected chi connectivity index (χ1v) is 7.65. The zero-order valence-corrected chi connectivity index (χ0v) is 13.4. The Morgan fingerprint density at radius 2 is 1.76 bits per heavy atom. The number of benzene rings is 2. The number of aryl methyl sites for hydroxylation is 1. The highest BCUT2D eigenvalue weighted by molar-refractivity contribution is 5.83. The molecule has 0 bridgehead atoms. The summed E-state index contributed by atoms with van der Waals surface area (Å²) in [6.07, 6.45) is -1.01. The molecular formula is C18H16F2N2O3. The summed E-state index contributed by atoms with van der Waals surface area (Å²) >= 11 is 0. The van der Waals surface area contributed by atoms with Gasteiger partial charge in [-0.15, -0.1) is 0 Å². The molecule has 0 aliphatic heterocycles. The Morgan fingerprint density at radius 3 is 2.40 bits per heavy atom. The second-order valence-corrected chi connectivity index (χ2v) is 5.58. The number of nitrogens with zero attached hydrogens (tertiary/aromatic N) is 2. The Labute approximate surface area is 142 Å². The number of alkyl halides is 2. The van der Waals surface area contributed by atoms with Crippen LogP contribution in [0.1, 0.15) is 17.4 Å². The van der Waals surface area contributed by atoms with Crippen molar-refractivity contribution < 1.29 is 18.6 Å². The van der Waals surface area contributed by atoms with Crippen LogP contribution >= 0.6 is 0 Å². The molecule has 0 aliphatic carbocycles. The Hall–Kier alpha value is -2.80. The van der Waals surface area contributed by atoms with E-state index in [1.165, 1.54) is 28.9 Å². The maximum Gasteiger partial charge on any atom is 0.387 e. The Balaban J connectivity index is 1.86. The van der Waals surface area contributed by atoms with Crippen LogP contribution in [-0.2, 0) is 6.54 Å². The molecule has 130 valence electrons. The van der Waals surface area contributed by atoms with Gasteiger partial charge in [0.25, 0.3) is 5.56 Å². The Bertz CT molecular complexity index is 939. The maximum atomic E-state index is 12.5. The Kier molecular flexibility index (Phi) is 4.76. The fourth-order valence-corrected chi connectivity index (χ4v) is 2.67. The molecular weight excluding hydrogens is 330 g/mol. The van der Waals surface area contributed by atoms with Gasteiger partial charge in [0.15, 0.2) is 0 Å². The number of aromatic nitrogens is 2. The van der Waals surface area contributed by atoms with E-state index in [4.69, 9.17) is 0 Å². The van der Waals surface area contributed by atoms with Crippen LogP contribution < -0.4 is 10.3 Å². The quantitative estimate of drug-likeness (QED) is 0.771. The van der Waals surface area contributed by atoms with Crippen molar-refractivity contribution in [1.82, 2.24) is 9.78 Å². The van der Waals surface area contributed by atoms with Crippen molar-refractivity contribution >= 4 is 10.8 Å². The molecule has 3 aromatic rings. The van der Waals surface area contributed by atoms with Crippen LogP contribution in [-0.4, -0.2) is 21.5 Å². The van der Waals surface area contributed by atoms with E-state index in [0.29, 0.717) is 16.6 Å². The van der Waals surface area contributed by atoms with Crippen LogP contribution in [0.3, 0.4) is 0 Å². The molecule has 0 radical (unpaired) electrons. The van der Waals surface area contributed by atoms with E-state index in [1.54, 1.807) is 19.1 Å². The summed E-state index contributed by atoms with van der Waals surface area (Å²) in [4.78, 5) is 12.5. The van der Waals surface area contributed by atoms with E-state index >= 15 is 0 Å². The third kappa shape index (κ3) is 3.66. The molecule has 3 rings (SSSR count). The minimum absolute atomic E-state index is 0.00258. The molecule has 7 heteroatoms. The summed E-state index contributed by atoms with van der Waals surface area (Å²) in [6, 6.07) is 12.8. The molecule has 0 unspecified atom stereocenters. The van der Waals surface area contributed by atoms with Crippen molar-refractivity contribution in [2.75, 3.05) is 0 Å². The third-order valence-corrected chi connectivity index (χ3v) is 3.89. The molecule has 25 heavy (non-hydrogen) atoms. The van der Waals surface area contributed by atoms with Crippen LogP contribution in [0, 0.1) is 6.92 Å². The van der Waals surface area contributed by atoms with Gasteiger partial charge in [-0.05, 0) is 30.7 Å². The van der Waals surface area contributed by atoms with Crippen molar-refractivity contribution in [3.8, 4) is 5.75 Å². The highest BCUT2D eigenvalue weighted by atomic mass is 19.3. The summed E-state index contributed by atoms with van der Waals surface area (Å²) in [7, 11) is 0. The van der Waals surface area contributed by atoms with Crippen molar-refractivity contribution in [1.29, 1.82) is 0 Å². The minimum Gasteiger partial charge on any atom is -0.435 e. The average molecular weight is 346 g/mol. The maximum absolute atomic E-state index is 12.5. The molecule has 1 aromatic heterocycles. The molecule has 5 nitrogen and oxygen atoms in total. The molecule has 2 aromatic carbocycles. The first-order valence-electron chi connectivity index (χ1n) is 7.65. The number of fused-ring (bicyclic) bond motifs is 1. The van der Waals surface area contributed by atoms with Crippen LogP contribution in [0.25, 0.3) is 10.8 Å². The molecule has 1 N–H and O–H groups in total. The normalized spacial score (nSPS) is 12.5. The van der Waals surface area contributed by atoms with E-state index in [-0.39, 0.29) is 17.9 Å². The van der Waals surface area contributed by atoms with Crippen LogP contribution in [0.5, 0.6) is 5.75 Å². The van der Waals surface area contributed by atoms with Crippen molar-refractivity contribution in [2.24, 2.45) is 0 Å². The fourth-order valence-electron chi connectivity index (χ4n) is 2.67. The SMILES string of the molecule is Cc1nn(C[C@@H](O)c2ccc(OC(F)F)cc2)c(=O)c2ccccc12. The number of halogens is 2. The summed E-state index contributed by atoms with van der Waals surface area (Å²) in [5, 5.41) is 15.9. The summed E-state index contributed by atoms with van der Waals surface area (Å²) < 4.78 is 29.8. The fraction of sp³-hybridized carbons (Fsp3) is 0.222. The second-order valence-electron chi connectivity index (χ2n) is 5.58. The summed E-state index contributed by atoms with van der Waals surface area (Å²) in [6.45, 7) is -1.15. The molecule has 0 fully saturated rings. The van der Waals surface area contributed by atoms with E-state index in [9.17, 15) is 18.7 Å². The lowest BCUT2D eigenvalue weighted by Crippen LogP contribution is -2.26. The van der Waals surface area contributed by atoms with Gasteiger partial charge in [-0.1, -0.05) is 30.3 Å². The van der Waals surface area contributed by atoms with Crippen molar-refractivity contribution in [3.05, 3.63) is 70.1 Å². The van der Waals surface area contributed by atoms with Gasteiger partial charge in [0.2, 0.25) is 0 Å². The van der Waals surface area contributed by atoms with Crippen LogP contribution in [0.15, 0.2) is 53.3 Å². The summed E-state index contributed by atoms with van der Waals surface area (Å²) in [5.74, 6) is 0.00258. The van der Waals surface area contributed by atoms with Crippen LogP contribution in [0.4, 0.5) is 8.78 Å². The lowest BCUT2D eigenvalue weighted by atomic mass is 10.1. The average Bonchev–Trinajstić information content (AvgIpc) is 2.59. The van der Waals surface area contributed by atoms with E-state index in [0.717, 1.165) is 5.39 Å². The molecule has 1 heterocycles. The van der Waals surface area contributed by atoms with Crippen molar-refractivity contribution in [2.45, 2.75) is 26.2 Å². The van der Waals surface area contributed by atoms with Gasteiger partial charge in [-0.2, -0.15) is 13.9 Å². The van der Waals surface area contributed by atoms with Crippen LogP contribution in [0.2, 0.25) is 0 Å². The first kappa shape index (κ1) is 17.0. The van der Waals surface area contributed by atoms with Gasteiger partial charge < -0.3 is 9.84 Å². The molecule has 0 saturated carbocycles. The van der Waals surface area contributed by atoms with Crippen molar-refractivity contribution in [3.63, 3.8) is 0 Å². The number of ether oxygens (including phenoxy) is 1. The van der Waals surface area contributed by atoms with Gasteiger partial charge in [0.05, 0.1) is 23.7 Å². The molecule has 0 aliphatic rings. The van der Waals surface area contributed by atoms with E-state index in [2.05, 4.69) is 9.84 Å². The van der Waals surface area contributed by atoms with E-state index in [1.807, 2.05) is 12.1 Å². The number of aliphatic hydroxyl groups excluding tert-OH is 1.